The summed E-state index contributed by atoms with van der Waals surface area (Å²) >= 11 is 0. The molecule has 3 amide bonds. The van der Waals surface area contributed by atoms with Gasteiger partial charge in [-0.05, 0) is 24.6 Å². The highest BCUT2D eigenvalue weighted by Gasteiger charge is 2.40. The summed E-state index contributed by atoms with van der Waals surface area (Å²) in [7, 11) is 1.67. The molecule has 1 atom stereocenters. The third-order valence-corrected chi connectivity index (χ3v) is 6.15. The number of imide groups is 1. The zero-order chi connectivity index (χ0) is 24.4. The van der Waals surface area contributed by atoms with Gasteiger partial charge < -0.3 is 15.0 Å². The number of rotatable bonds is 9. The molecule has 2 N–H and O–H groups in total. The molecular formula is C23H26N8O4. The minimum Gasteiger partial charge on any atom is -0.383 e. The maximum atomic E-state index is 13.1. The number of nitrogens with zero attached hydrogens (tertiary/aromatic N) is 6. The molecule has 1 unspecified atom stereocenters. The molecule has 12 nitrogen and oxygen atoms in total. The lowest BCUT2D eigenvalue weighted by Gasteiger charge is -2.29. The van der Waals surface area contributed by atoms with Crippen LogP contribution in [-0.2, 0) is 34.0 Å². The highest BCUT2D eigenvalue weighted by Crippen LogP contribution is 2.31. The Labute approximate surface area is 201 Å². The van der Waals surface area contributed by atoms with Gasteiger partial charge in [0.2, 0.25) is 11.8 Å². The monoisotopic (exact) mass is 478 g/mol. The van der Waals surface area contributed by atoms with Gasteiger partial charge in [-0.15, -0.1) is 5.10 Å². The van der Waals surface area contributed by atoms with Crippen LogP contribution in [0.3, 0.4) is 0 Å². The number of hydrogen-bond acceptors (Lipinski definition) is 8. The molecule has 2 aliphatic rings. The first-order chi connectivity index (χ1) is 17.0. The number of carbonyl (C=O) groups is 3. The normalized spacial score (nSPS) is 17.7. The van der Waals surface area contributed by atoms with Gasteiger partial charge >= 0.3 is 0 Å². The van der Waals surface area contributed by atoms with Crippen molar-refractivity contribution in [2.75, 3.05) is 20.3 Å². The van der Waals surface area contributed by atoms with E-state index in [2.05, 4.69) is 26.0 Å². The zero-order valence-electron chi connectivity index (χ0n) is 19.3. The molecule has 3 aromatic rings. The second-order valence-corrected chi connectivity index (χ2v) is 8.53. The van der Waals surface area contributed by atoms with Crippen LogP contribution in [0.25, 0.3) is 5.69 Å². The molecule has 2 aliphatic heterocycles. The van der Waals surface area contributed by atoms with Crippen LogP contribution in [-0.4, -0.2) is 73.7 Å². The molecule has 12 heteroatoms. The van der Waals surface area contributed by atoms with Crippen molar-refractivity contribution in [3.8, 4) is 5.69 Å². The summed E-state index contributed by atoms with van der Waals surface area (Å²) in [5, 5.41) is 18.7. The van der Waals surface area contributed by atoms with Crippen LogP contribution in [0.1, 0.15) is 40.2 Å². The van der Waals surface area contributed by atoms with E-state index in [1.54, 1.807) is 28.6 Å². The number of carbonyl (C=O) groups excluding carboxylic acids is 3. The van der Waals surface area contributed by atoms with Crippen LogP contribution in [0.4, 0.5) is 0 Å². The smallest absolute Gasteiger partial charge is 0.255 e. The Morgan fingerprint density at radius 3 is 2.91 bits per heavy atom. The van der Waals surface area contributed by atoms with E-state index < -0.39 is 11.9 Å². The van der Waals surface area contributed by atoms with Crippen LogP contribution < -0.4 is 10.6 Å². The van der Waals surface area contributed by atoms with E-state index in [0.717, 1.165) is 29.2 Å². The number of fused-ring (bicyclic) bond motifs is 1. The summed E-state index contributed by atoms with van der Waals surface area (Å²) in [6, 6.07) is 6.69. The first kappa shape index (κ1) is 22.9. The quantitative estimate of drug-likeness (QED) is 0.324. The Bertz CT molecular complexity index is 1270. The minimum absolute atomic E-state index is 0.216. The van der Waals surface area contributed by atoms with Gasteiger partial charge in [0, 0.05) is 50.5 Å². The summed E-state index contributed by atoms with van der Waals surface area (Å²) in [6.07, 6.45) is 4.24. The van der Waals surface area contributed by atoms with Crippen LogP contribution in [0.2, 0.25) is 0 Å². The summed E-state index contributed by atoms with van der Waals surface area (Å²) in [5.74, 6) is -0.961. The third kappa shape index (κ3) is 4.70. The van der Waals surface area contributed by atoms with E-state index in [-0.39, 0.29) is 24.8 Å². The molecule has 0 spiro atoms. The van der Waals surface area contributed by atoms with Gasteiger partial charge in [-0.1, -0.05) is 11.3 Å². The number of nitrogens with one attached hydrogen (secondary N) is 2. The SMILES string of the molecule is COCCNCc1ccn(Cc2cn(-c3cccc4c3CN(C3CCC(=O)NC3=O)C4=O)nn2)n1. The van der Waals surface area contributed by atoms with Gasteiger partial charge in [-0.25, -0.2) is 4.68 Å². The van der Waals surface area contributed by atoms with Crippen molar-refractivity contribution >= 4 is 17.7 Å². The number of aromatic nitrogens is 5. The van der Waals surface area contributed by atoms with E-state index in [9.17, 15) is 14.4 Å². The van der Waals surface area contributed by atoms with Crippen molar-refractivity contribution in [2.24, 2.45) is 0 Å². The maximum absolute atomic E-state index is 13.1. The predicted octanol–water partition coefficient (Wildman–Crippen LogP) is 0.00910. The lowest BCUT2D eigenvalue weighted by Crippen LogP contribution is -2.52. The standard InChI is InChI=1S/C23H26N8O4/c1-35-10-8-24-11-15-7-9-29(27-15)12-16-13-31(28-26-16)19-4-2-3-17-18(19)14-30(23(17)34)20-5-6-21(32)25-22(20)33/h2-4,7,9,13,20,24H,5-6,8,10-12,14H2,1H3,(H,25,32,33). The number of ether oxygens (including phenoxy) is 1. The molecule has 0 saturated carbocycles. The minimum atomic E-state index is -0.662. The average Bonchev–Trinajstić information content (AvgIpc) is 3.57. The molecule has 0 bridgehead atoms. The van der Waals surface area contributed by atoms with Gasteiger partial charge in [0.05, 0.1) is 30.7 Å². The van der Waals surface area contributed by atoms with E-state index in [1.165, 1.54) is 4.90 Å². The lowest BCUT2D eigenvalue weighted by molar-refractivity contribution is -0.136. The number of hydrogen-bond donors (Lipinski definition) is 2. The zero-order valence-corrected chi connectivity index (χ0v) is 19.3. The molecule has 0 aliphatic carbocycles. The molecule has 5 rings (SSSR count). The van der Waals surface area contributed by atoms with Crippen molar-refractivity contribution in [1.82, 2.24) is 40.3 Å². The van der Waals surface area contributed by atoms with Crippen LogP contribution >= 0.6 is 0 Å². The second kappa shape index (κ2) is 9.76. The molecule has 2 aromatic heterocycles. The van der Waals surface area contributed by atoms with Crippen LogP contribution in [0.15, 0.2) is 36.7 Å². The fraction of sp³-hybridized carbons (Fsp3) is 0.391. The number of methoxy groups -OCH3 is 1. The number of piperidine rings is 1. The first-order valence-corrected chi connectivity index (χ1v) is 11.4. The first-order valence-electron chi connectivity index (χ1n) is 11.4. The Morgan fingerprint density at radius 1 is 1.20 bits per heavy atom. The Morgan fingerprint density at radius 2 is 2.09 bits per heavy atom. The van der Waals surface area contributed by atoms with Crippen LogP contribution in [0.5, 0.6) is 0 Å². The molecule has 182 valence electrons. The summed E-state index contributed by atoms with van der Waals surface area (Å²) in [5.41, 5.74) is 3.68. The number of amides is 3. The Hall–Kier alpha value is -3.90. The molecule has 35 heavy (non-hydrogen) atoms. The number of benzene rings is 1. The molecule has 0 radical (unpaired) electrons. The third-order valence-electron chi connectivity index (χ3n) is 6.15. The van der Waals surface area contributed by atoms with Gasteiger partial charge in [-0.3, -0.25) is 24.4 Å². The molecule has 1 aromatic carbocycles. The Kier molecular flexibility index (Phi) is 6.38. The molecule has 1 saturated heterocycles. The van der Waals surface area contributed by atoms with Gasteiger partial charge in [0.15, 0.2) is 0 Å². The molecule has 1 fully saturated rings. The van der Waals surface area contributed by atoms with E-state index in [4.69, 9.17) is 4.74 Å². The van der Waals surface area contributed by atoms with Crippen molar-refractivity contribution in [3.63, 3.8) is 0 Å². The fourth-order valence-electron chi connectivity index (χ4n) is 4.42. The van der Waals surface area contributed by atoms with E-state index in [1.807, 2.05) is 24.5 Å². The average molecular weight is 479 g/mol. The van der Waals surface area contributed by atoms with Crippen molar-refractivity contribution in [2.45, 2.75) is 38.5 Å². The highest BCUT2D eigenvalue weighted by molar-refractivity contribution is 6.05. The van der Waals surface area contributed by atoms with Crippen molar-refractivity contribution in [1.29, 1.82) is 0 Å². The highest BCUT2D eigenvalue weighted by atomic mass is 16.5. The van der Waals surface area contributed by atoms with Crippen LogP contribution in [0, 0.1) is 0 Å². The van der Waals surface area contributed by atoms with Gasteiger partial charge in [-0.2, -0.15) is 5.10 Å². The summed E-state index contributed by atoms with van der Waals surface area (Å²) < 4.78 is 8.47. The topological polar surface area (TPSA) is 136 Å². The lowest BCUT2D eigenvalue weighted by atomic mass is 10.0. The second-order valence-electron chi connectivity index (χ2n) is 8.53. The van der Waals surface area contributed by atoms with Crippen molar-refractivity contribution in [3.05, 3.63) is 59.2 Å². The largest absolute Gasteiger partial charge is 0.383 e. The molecule has 4 heterocycles. The van der Waals surface area contributed by atoms with Crippen molar-refractivity contribution < 1.29 is 19.1 Å². The maximum Gasteiger partial charge on any atom is 0.255 e. The summed E-state index contributed by atoms with van der Waals surface area (Å²) in [4.78, 5) is 38.4. The summed E-state index contributed by atoms with van der Waals surface area (Å²) in [6.45, 7) is 2.77. The van der Waals surface area contributed by atoms with Gasteiger partial charge in [0.1, 0.15) is 11.7 Å². The molecular weight excluding hydrogens is 452 g/mol. The van der Waals surface area contributed by atoms with E-state index >= 15 is 0 Å². The van der Waals surface area contributed by atoms with Gasteiger partial charge in [0.25, 0.3) is 5.91 Å². The fourth-order valence-corrected chi connectivity index (χ4v) is 4.42. The predicted molar refractivity (Wildman–Crippen MR) is 122 cm³/mol. The van der Waals surface area contributed by atoms with E-state index in [0.29, 0.717) is 31.7 Å². The Balaban J connectivity index is 1.29.